The summed E-state index contributed by atoms with van der Waals surface area (Å²) in [5.74, 6) is 0.267. The molecule has 0 radical (unpaired) electrons. The number of esters is 1. The van der Waals surface area contributed by atoms with Crippen molar-refractivity contribution in [3.63, 3.8) is 0 Å². The van der Waals surface area contributed by atoms with Gasteiger partial charge in [-0.3, -0.25) is 4.79 Å². The number of methoxy groups -OCH3 is 1. The van der Waals surface area contributed by atoms with Crippen LogP contribution in [0.2, 0.25) is 0 Å². The van der Waals surface area contributed by atoms with Crippen LogP contribution in [-0.4, -0.2) is 31.4 Å². The maximum atomic E-state index is 12.9. The predicted octanol–water partition coefficient (Wildman–Crippen LogP) is 3.32. The first-order valence-corrected chi connectivity index (χ1v) is 8.95. The Balaban J connectivity index is 1.89. The maximum absolute atomic E-state index is 12.9. The van der Waals surface area contributed by atoms with Crippen LogP contribution in [0.5, 0.6) is 0 Å². The van der Waals surface area contributed by atoms with Gasteiger partial charge >= 0.3 is 13.1 Å². The Morgan fingerprint density at radius 1 is 1.29 bits per heavy atom. The number of hydrogen-bond donors (Lipinski definition) is 0. The second-order valence-corrected chi connectivity index (χ2v) is 8.87. The first-order chi connectivity index (χ1) is 11.1. The highest BCUT2D eigenvalue weighted by Crippen LogP contribution is 2.75. The monoisotopic (exact) mass is 330 g/mol. The molecule has 24 heavy (non-hydrogen) atoms. The lowest BCUT2D eigenvalue weighted by molar-refractivity contribution is -0.153. The third-order valence-electron chi connectivity index (χ3n) is 7.85. The van der Waals surface area contributed by atoms with Gasteiger partial charge in [0.05, 0.1) is 23.7 Å². The normalized spacial score (nSPS) is 47.9. The van der Waals surface area contributed by atoms with E-state index in [1.165, 1.54) is 7.11 Å². The summed E-state index contributed by atoms with van der Waals surface area (Å²) >= 11 is 0. The van der Waals surface area contributed by atoms with Crippen molar-refractivity contribution in [3.8, 4) is 0 Å². The zero-order chi connectivity index (χ0) is 17.5. The zero-order valence-electron chi connectivity index (χ0n) is 15.5. The third-order valence-corrected chi connectivity index (χ3v) is 7.85. The van der Waals surface area contributed by atoms with Crippen molar-refractivity contribution in [2.45, 2.75) is 58.7 Å². The lowest BCUT2D eigenvalue weighted by Crippen LogP contribution is -2.54. The minimum absolute atomic E-state index is 0.0826. The Morgan fingerprint density at radius 2 is 2.00 bits per heavy atom. The summed E-state index contributed by atoms with van der Waals surface area (Å²) in [6.45, 7) is 10.8. The molecule has 0 aromatic rings. The van der Waals surface area contributed by atoms with Gasteiger partial charge in [0.15, 0.2) is 0 Å². The Labute approximate surface area is 144 Å². The average molecular weight is 330 g/mol. The van der Waals surface area contributed by atoms with Gasteiger partial charge < -0.3 is 14.0 Å². The third kappa shape index (κ3) is 1.65. The van der Waals surface area contributed by atoms with E-state index >= 15 is 0 Å². The molecule has 5 atom stereocenters. The van der Waals surface area contributed by atoms with Crippen molar-refractivity contribution < 1.29 is 18.8 Å². The second kappa shape index (κ2) is 4.56. The van der Waals surface area contributed by atoms with E-state index in [2.05, 4.69) is 52.8 Å². The Kier molecular flexibility index (Phi) is 3.11. The SMILES string of the molecule is COC(=O)C12C[C@@]1(C)C(C)C1(C)OB(OC1(C)C)C1=CCC2C=C1. The summed E-state index contributed by atoms with van der Waals surface area (Å²) in [5, 5.41) is 0. The molecule has 0 aromatic heterocycles. The predicted molar refractivity (Wildman–Crippen MR) is 92.1 cm³/mol. The number of ether oxygens (including phenoxy) is 1. The van der Waals surface area contributed by atoms with E-state index in [4.69, 9.17) is 14.0 Å². The van der Waals surface area contributed by atoms with Crippen LogP contribution in [-0.2, 0) is 18.8 Å². The van der Waals surface area contributed by atoms with Gasteiger partial charge in [0.2, 0.25) is 0 Å². The van der Waals surface area contributed by atoms with Gasteiger partial charge in [-0.15, -0.1) is 0 Å². The highest BCUT2D eigenvalue weighted by atomic mass is 16.7. The van der Waals surface area contributed by atoms with Crippen LogP contribution in [0.3, 0.4) is 0 Å². The summed E-state index contributed by atoms with van der Waals surface area (Å²) in [6, 6.07) is 0. The molecule has 2 fully saturated rings. The van der Waals surface area contributed by atoms with Crippen molar-refractivity contribution in [2.24, 2.45) is 22.7 Å². The highest BCUT2D eigenvalue weighted by Gasteiger charge is 2.78. The second-order valence-electron chi connectivity index (χ2n) is 8.87. The molecule has 0 N–H and O–H groups in total. The lowest BCUT2D eigenvalue weighted by atomic mass is 9.64. The van der Waals surface area contributed by atoms with Gasteiger partial charge in [-0.1, -0.05) is 32.1 Å². The minimum Gasteiger partial charge on any atom is -0.469 e. The summed E-state index contributed by atoms with van der Waals surface area (Å²) in [5.41, 5.74) is -0.449. The fourth-order valence-electron chi connectivity index (χ4n) is 5.59. The molecule has 1 saturated carbocycles. The fourth-order valence-corrected chi connectivity index (χ4v) is 5.59. The van der Waals surface area contributed by atoms with E-state index in [-0.39, 0.29) is 30.3 Å². The average Bonchev–Trinajstić information content (AvgIpc) is 3.12. The number of rotatable bonds is 1. The largest absolute Gasteiger partial charge is 0.494 e. The molecule has 130 valence electrons. The van der Waals surface area contributed by atoms with Crippen LogP contribution < -0.4 is 0 Å². The van der Waals surface area contributed by atoms with Crippen LogP contribution in [0.25, 0.3) is 0 Å². The van der Waals surface area contributed by atoms with Gasteiger partial charge in [0, 0.05) is 0 Å². The Hall–Kier alpha value is -1.07. The summed E-state index contributed by atoms with van der Waals surface area (Å²) < 4.78 is 18.1. The Bertz CT molecular complexity index is 668. The van der Waals surface area contributed by atoms with Crippen LogP contribution in [0, 0.1) is 22.7 Å². The molecule has 4 bridgehead atoms. The van der Waals surface area contributed by atoms with E-state index in [0.29, 0.717) is 0 Å². The van der Waals surface area contributed by atoms with Gasteiger partial charge in [0.25, 0.3) is 0 Å². The molecule has 3 aliphatic heterocycles. The molecule has 1 saturated heterocycles. The first kappa shape index (κ1) is 16.4. The van der Waals surface area contributed by atoms with E-state index in [1.54, 1.807) is 0 Å². The molecule has 0 spiro atoms. The highest BCUT2D eigenvalue weighted by molar-refractivity contribution is 6.55. The van der Waals surface area contributed by atoms with Gasteiger partial charge in [-0.25, -0.2) is 0 Å². The van der Waals surface area contributed by atoms with Crippen molar-refractivity contribution in [1.82, 2.24) is 0 Å². The van der Waals surface area contributed by atoms with Crippen LogP contribution in [0.4, 0.5) is 0 Å². The van der Waals surface area contributed by atoms with Gasteiger partial charge in [-0.05, 0) is 56.3 Å². The number of carbonyl (C=O) groups excluding carboxylic acids is 1. The van der Waals surface area contributed by atoms with E-state index in [9.17, 15) is 4.79 Å². The molecule has 0 amide bonds. The van der Waals surface area contributed by atoms with Crippen LogP contribution in [0.15, 0.2) is 23.7 Å². The molecular formula is C19H27BO4. The maximum Gasteiger partial charge on any atom is 0.494 e. The van der Waals surface area contributed by atoms with Crippen LogP contribution >= 0.6 is 0 Å². The van der Waals surface area contributed by atoms with Crippen LogP contribution in [0.1, 0.15) is 47.5 Å². The minimum atomic E-state index is -0.464. The number of carbonyl (C=O) groups is 1. The van der Waals surface area contributed by atoms with E-state index in [1.807, 2.05) is 0 Å². The molecule has 5 aliphatic rings. The standard InChI is InChI=1S/C19H27BO4/c1-12-17(4)11-19(17,15(21)22-6)13-7-9-14(10-8-13)20-23-16(2,3)18(12,5)24-20/h7,9-10,12-13H,8,11H2,1-6H3/t12?,13?,17-,18?,19?/m0/s1. The first-order valence-electron chi connectivity index (χ1n) is 8.95. The van der Waals surface area contributed by atoms with Crippen molar-refractivity contribution in [2.75, 3.05) is 7.11 Å². The molecule has 5 heteroatoms. The van der Waals surface area contributed by atoms with E-state index < -0.39 is 16.6 Å². The molecule has 4 nitrogen and oxygen atoms in total. The van der Waals surface area contributed by atoms with Crippen molar-refractivity contribution in [3.05, 3.63) is 23.7 Å². The summed E-state index contributed by atoms with van der Waals surface area (Å²) in [6.07, 6.45) is 8.11. The molecule has 2 aliphatic carbocycles. The number of allylic oxidation sites excluding steroid dienone is 4. The number of fused-ring (bicyclic) bond motifs is 1. The summed E-state index contributed by atoms with van der Waals surface area (Å²) in [7, 11) is 1.18. The van der Waals surface area contributed by atoms with E-state index in [0.717, 1.165) is 18.3 Å². The smallest absolute Gasteiger partial charge is 0.469 e. The fraction of sp³-hybridized carbons (Fsp3) is 0.737. The lowest BCUT2D eigenvalue weighted by Gasteiger charge is -2.46. The quantitative estimate of drug-likeness (QED) is 0.546. The molecule has 3 heterocycles. The van der Waals surface area contributed by atoms with Gasteiger partial charge in [-0.2, -0.15) is 0 Å². The van der Waals surface area contributed by atoms with Crippen molar-refractivity contribution >= 4 is 13.1 Å². The molecule has 0 aromatic carbocycles. The Morgan fingerprint density at radius 3 is 2.58 bits per heavy atom. The van der Waals surface area contributed by atoms with Gasteiger partial charge in [0.1, 0.15) is 0 Å². The van der Waals surface area contributed by atoms with Crippen molar-refractivity contribution in [1.29, 1.82) is 0 Å². The topological polar surface area (TPSA) is 44.8 Å². The number of hydrogen-bond acceptors (Lipinski definition) is 4. The summed E-state index contributed by atoms with van der Waals surface area (Å²) in [4.78, 5) is 12.9. The molecular weight excluding hydrogens is 303 g/mol. The molecule has 5 rings (SSSR count). The zero-order valence-corrected chi connectivity index (χ0v) is 15.5. The molecule has 4 unspecified atom stereocenters.